The molecule has 0 fully saturated rings. The molecule has 21 heavy (non-hydrogen) atoms. The Morgan fingerprint density at radius 3 is 2.57 bits per heavy atom. The van der Waals surface area contributed by atoms with Gasteiger partial charge in [0.1, 0.15) is 11.5 Å². The van der Waals surface area contributed by atoms with Gasteiger partial charge in [-0.1, -0.05) is 50.2 Å². The predicted molar refractivity (Wildman–Crippen MR) is 87.8 cm³/mol. The highest BCUT2D eigenvalue weighted by atomic mass is 15.1. The maximum atomic E-state index is 4.82. The van der Waals surface area contributed by atoms with Crippen LogP contribution in [0.25, 0.3) is 5.65 Å². The number of nitrogens with zero attached hydrogens (tertiary/aromatic N) is 2. The lowest BCUT2D eigenvalue weighted by Crippen LogP contribution is -2.05. The van der Waals surface area contributed by atoms with Crippen molar-refractivity contribution < 1.29 is 0 Å². The highest BCUT2D eigenvalue weighted by Crippen LogP contribution is 2.27. The Kier molecular flexibility index (Phi) is 3.65. The Morgan fingerprint density at radius 2 is 1.86 bits per heavy atom. The van der Waals surface area contributed by atoms with Crippen molar-refractivity contribution in [2.75, 3.05) is 5.32 Å². The van der Waals surface area contributed by atoms with Crippen LogP contribution in [0.2, 0.25) is 0 Å². The normalized spacial score (nSPS) is 11.2. The molecule has 3 nitrogen and oxygen atoms in total. The third-order valence-corrected chi connectivity index (χ3v) is 3.72. The van der Waals surface area contributed by atoms with Crippen molar-refractivity contribution in [1.29, 1.82) is 0 Å². The number of imidazole rings is 1. The lowest BCUT2D eigenvalue weighted by molar-refractivity contribution is 0.833. The van der Waals surface area contributed by atoms with Crippen LogP contribution in [-0.4, -0.2) is 9.38 Å². The van der Waals surface area contributed by atoms with Crippen LogP contribution in [0.15, 0.2) is 48.7 Å². The highest BCUT2D eigenvalue weighted by Gasteiger charge is 2.15. The van der Waals surface area contributed by atoms with Crippen LogP contribution in [0.1, 0.15) is 36.6 Å². The number of hydrogen-bond acceptors (Lipinski definition) is 2. The summed E-state index contributed by atoms with van der Waals surface area (Å²) in [4.78, 5) is 4.82. The van der Waals surface area contributed by atoms with Crippen LogP contribution in [0.5, 0.6) is 0 Å². The van der Waals surface area contributed by atoms with E-state index in [9.17, 15) is 0 Å². The van der Waals surface area contributed by atoms with Crippen molar-refractivity contribution in [2.24, 2.45) is 0 Å². The van der Waals surface area contributed by atoms with Gasteiger partial charge in [0.15, 0.2) is 0 Å². The van der Waals surface area contributed by atoms with Crippen LogP contribution in [0, 0.1) is 6.92 Å². The maximum absolute atomic E-state index is 4.82. The van der Waals surface area contributed by atoms with Crippen LogP contribution < -0.4 is 5.32 Å². The number of aromatic nitrogens is 2. The fourth-order valence-electron chi connectivity index (χ4n) is 2.58. The number of rotatable bonds is 4. The summed E-state index contributed by atoms with van der Waals surface area (Å²) in [5.41, 5.74) is 4.64. The predicted octanol–water partition coefficient (Wildman–Crippen LogP) is 4.38. The van der Waals surface area contributed by atoms with E-state index in [2.05, 4.69) is 73.1 Å². The molecule has 0 amide bonds. The lowest BCUT2D eigenvalue weighted by Gasteiger charge is -2.10. The van der Waals surface area contributed by atoms with E-state index < -0.39 is 0 Å². The quantitative estimate of drug-likeness (QED) is 0.768. The molecule has 0 atom stereocenters. The van der Waals surface area contributed by atoms with Crippen molar-refractivity contribution in [3.8, 4) is 0 Å². The van der Waals surface area contributed by atoms with Gasteiger partial charge in [-0.3, -0.25) is 4.40 Å². The molecule has 0 radical (unpaired) electrons. The average molecular weight is 279 g/mol. The van der Waals surface area contributed by atoms with E-state index in [0.29, 0.717) is 5.92 Å². The lowest BCUT2D eigenvalue weighted by atomic mass is 10.1. The van der Waals surface area contributed by atoms with Gasteiger partial charge < -0.3 is 5.32 Å². The third kappa shape index (κ3) is 2.64. The molecule has 1 aromatic carbocycles. The Bertz CT molecular complexity index is 742. The van der Waals surface area contributed by atoms with Crippen molar-refractivity contribution in [1.82, 2.24) is 9.38 Å². The maximum Gasteiger partial charge on any atom is 0.141 e. The van der Waals surface area contributed by atoms with Gasteiger partial charge >= 0.3 is 0 Å². The molecule has 0 aliphatic rings. The second-order valence-corrected chi connectivity index (χ2v) is 5.72. The molecular formula is C18H21N3. The number of fused-ring (bicyclic) bond motifs is 1. The molecular weight excluding hydrogens is 258 g/mol. The standard InChI is InChI=1S/C18H21N3/c1-13(2)16-18(19-12-15-9-5-4-6-10-15)21-11-7-8-14(3)17(21)20-16/h4-11,13,19H,12H2,1-3H3. The smallest absolute Gasteiger partial charge is 0.141 e. The molecule has 0 unspecified atom stereocenters. The minimum Gasteiger partial charge on any atom is -0.366 e. The Morgan fingerprint density at radius 1 is 1.10 bits per heavy atom. The van der Waals surface area contributed by atoms with E-state index in [0.717, 1.165) is 23.7 Å². The fraction of sp³-hybridized carbons (Fsp3) is 0.278. The topological polar surface area (TPSA) is 29.3 Å². The first-order chi connectivity index (χ1) is 10.2. The van der Waals surface area contributed by atoms with Gasteiger partial charge in [-0.2, -0.15) is 0 Å². The first kappa shape index (κ1) is 13.7. The van der Waals surface area contributed by atoms with E-state index in [-0.39, 0.29) is 0 Å². The fourth-order valence-corrected chi connectivity index (χ4v) is 2.58. The third-order valence-electron chi connectivity index (χ3n) is 3.72. The van der Waals surface area contributed by atoms with Gasteiger partial charge in [0.2, 0.25) is 0 Å². The van der Waals surface area contributed by atoms with Crippen molar-refractivity contribution in [3.05, 3.63) is 65.5 Å². The molecule has 2 aromatic heterocycles. The zero-order valence-electron chi connectivity index (χ0n) is 12.8. The van der Waals surface area contributed by atoms with Crippen LogP contribution in [-0.2, 0) is 6.54 Å². The van der Waals surface area contributed by atoms with E-state index in [1.165, 1.54) is 11.1 Å². The van der Waals surface area contributed by atoms with Crippen molar-refractivity contribution in [2.45, 2.75) is 33.2 Å². The Balaban J connectivity index is 2.00. The first-order valence-electron chi connectivity index (χ1n) is 7.42. The Hall–Kier alpha value is -2.29. The number of nitrogens with one attached hydrogen (secondary N) is 1. The number of aryl methyl sites for hydroxylation is 1. The van der Waals surface area contributed by atoms with Gasteiger partial charge in [-0.05, 0) is 30.0 Å². The molecule has 3 heteroatoms. The highest BCUT2D eigenvalue weighted by molar-refractivity contribution is 5.59. The summed E-state index contributed by atoms with van der Waals surface area (Å²) in [6.07, 6.45) is 2.08. The van der Waals surface area contributed by atoms with Gasteiger partial charge in [0.05, 0.1) is 5.69 Å². The zero-order valence-corrected chi connectivity index (χ0v) is 12.8. The number of hydrogen-bond donors (Lipinski definition) is 1. The molecule has 0 bridgehead atoms. The summed E-state index contributed by atoms with van der Waals surface area (Å²) in [5, 5.41) is 3.56. The molecule has 3 aromatic rings. The van der Waals surface area contributed by atoms with E-state index in [4.69, 9.17) is 4.98 Å². The summed E-state index contributed by atoms with van der Waals surface area (Å²) in [7, 11) is 0. The second-order valence-electron chi connectivity index (χ2n) is 5.72. The minimum absolute atomic E-state index is 0.391. The number of anilines is 1. The Labute approximate surface area is 125 Å². The molecule has 2 heterocycles. The SMILES string of the molecule is Cc1cccn2c(NCc3ccccc3)c(C(C)C)nc12. The summed E-state index contributed by atoms with van der Waals surface area (Å²) in [6, 6.07) is 14.6. The number of benzene rings is 1. The molecule has 1 N–H and O–H groups in total. The van der Waals surface area contributed by atoms with Crippen molar-refractivity contribution >= 4 is 11.5 Å². The number of pyridine rings is 1. The molecule has 0 saturated heterocycles. The first-order valence-corrected chi connectivity index (χ1v) is 7.42. The van der Waals surface area contributed by atoms with Gasteiger partial charge in [-0.25, -0.2) is 4.98 Å². The zero-order chi connectivity index (χ0) is 14.8. The summed E-state index contributed by atoms with van der Waals surface area (Å²) >= 11 is 0. The van der Waals surface area contributed by atoms with E-state index >= 15 is 0 Å². The van der Waals surface area contributed by atoms with Gasteiger partial charge in [0, 0.05) is 12.7 Å². The molecule has 108 valence electrons. The largest absolute Gasteiger partial charge is 0.366 e. The average Bonchev–Trinajstić information content (AvgIpc) is 2.87. The second kappa shape index (κ2) is 5.60. The monoisotopic (exact) mass is 279 g/mol. The molecule has 0 aliphatic carbocycles. The summed E-state index contributed by atoms with van der Waals surface area (Å²) in [6.45, 7) is 7.28. The van der Waals surface area contributed by atoms with Gasteiger partial charge in [-0.15, -0.1) is 0 Å². The van der Waals surface area contributed by atoms with Gasteiger partial charge in [0.25, 0.3) is 0 Å². The molecule has 0 saturated carbocycles. The molecule has 0 spiro atoms. The minimum atomic E-state index is 0.391. The summed E-state index contributed by atoms with van der Waals surface area (Å²) < 4.78 is 2.16. The van der Waals surface area contributed by atoms with Crippen molar-refractivity contribution in [3.63, 3.8) is 0 Å². The van der Waals surface area contributed by atoms with Crippen LogP contribution in [0.4, 0.5) is 5.82 Å². The summed E-state index contributed by atoms with van der Waals surface area (Å²) in [5.74, 6) is 1.50. The van der Waals surface area contributed by atoms with E-state index in [1.807, 2.05) is 6.07 Å². The van der Waals surface area contributed by atoms with E-state index in [1.54, 1.807) is 0 Å². The van der Waals surface area contributed by atoms with Crippen LogP contribution >= 0.6 is 0 Å². The molecule has 0 aliphatic heterocycles. The van der Waals surface area contributed by atoms with Crippen LogP contribution in [0.3, 0.4) is 0 Å². The molecule has 3 rings (SSSR count).